The molecule has 0 amide bonds. The molecule has 0 aromatic heterocycles. The highest BCUT2D eigenvalue weighted by atomic mass is 127. The highest BCUT2D eigenvalue weighted by molar-refractivity contribution is 14.0. The molecular formula is C19H31F2IN4O2. The first-order valence-corrected chi connectivity index (χ1v) is 9.43. The second kappa shape index (κ2) is 13.0. The lowest BCUT2D eigenvalue weighted by molar-refractivity contribution is -0.0520. The van der Waals surface area contributed by atoms with Crippen molar-refractivity contribution in [1.29, 1.82) is 0 Å². The van der Waals surface area contributed by atoms with E-state index in [0.29, 0.717) is 36.3 Å². The van der Waals surface area contributed by atoms with E-state index in [9.17, 15) is 8.78 Å². The van der Waals surface area contributed by atoms with Crippen LogP contribution in [-0.2, 0) is 6.54 Å². The summed E-state index contributed by atoms with van der Waals surface area (Å²) in [5.41, 5.74) is 0.585. The molecule has 1 aliphatic heterocycles. The van der Waals surface area contributed by atoms with Gasteiger partial charge in [0.05, 0.1) is 6.61 Å². The first kappa shape index (κ1) is 24.7. The van der Waals surface area contributed by atoms with Gasteiger partial charge in [-0.1, -0.05) is 19.1 Å². The van der Waals surface area contributed by atoms with E-state index in [1.165, 1.54) is 6.42 Å². The zero-order valence-corrected chi connectivity index (χ0v) is 19.0. The second-order valence-corrected chi connectivity index (χ2v) is 6.41. The van der Waals surface area contributed by atoms with Crippen molar-refractivity contribution in [2.75, 3.05) is 39.8 Å². The Morgan fingerprint density at radius 1 is 1.32 bits per heavy atom. The lowest BCUT2D eigenvalue weighted by atomic mass is 10.1. The molecular weight excluding hydrogens is 481 g/mol. The van der Waals surface area contributed by atoms with Crippen LogP contribution in [0.1, 0.15) is 25.8 Å². The Morgan fingerprint density at radius 2 is 2.11 bits per heavy atom. The summed E-state index contributed by atoms with van der Waals surface area (Å²) in [4.78, 5) is 6.64. The Bertz CT molecular complexity index is 620. The average Bonchev–Trinajstić information content (AvgIpc) is 3.12. The summed E-state index contributed by atoms with van der Waals surface area (Å²) in [7, 11) is 1.69. The van der Waals surface area contributed by atoms with Crippen molar-refractivity contribution in [2.24, 2.45) is 10.9 Å². The van der Waals surface area contributed by atoms with Crippen LogP contribution in [0.2, 0.25) is 0 Å². The summed E-state index contributed by atoms with van der Waals surface area (Å²) in [6, 6.07) is 5.11. The summed E-state index contributed by atoms with van der Waals surface area (Å²) in [6.07, 6.45) is 1.17. The monoisotopic (exact) mass is 512 g/mol. The van der Waals surface area contributed by atoms with E-state index in [-0.39, 0.29) is 29.7 Å². The topological polar surface area (TPSA) is 58.1 Å². The van der Waals surface area contributed by atoms with Gasteiger partial charge in [-0.15, -0.1) is 24.0 Å². The molecule has 2 rings (SSSR count). The van der Waals surface area contributed by atoms with Crippen molar-refractivity contribution in [3.63, 3.8) is 0 Å². The molecule has 2 N–H and O–H groups in total. The van der Waals surface area contributed by atoms with E-state index in [1.54, 1.807) is 32.2 Å². The van der Waals surface area contributed by atoms with Crippen LogP contribution in [0, 0.1) is 5.92 Å². The zero-order chi connectivity index (χ0) is 19.6. The first-order chi connectivity index (χ1) is 13.1. The Hall–Kier alpha value is -1.36. The number of halogens is 3. The van der Waals surface area contributed by atoms with Gasteiger partial charge < -0.3 is 25.0 Å². The molecule has 28 heavy (non-hydrogen) atoms. The number of hydrogen-bond donors (Lipinski definition) is 2. The maximum atomic E-state index is 12.8. The Kier molecular flexibility index (Phi) is 11.4. The molecule has 0 spiro atoms. The third kappa shape index (κ3) is 7.57. The molecule has 9 heteroatoms. The minimum Gasteiger partial charge on any atom is -0.490 e. The van der Waals surface area contributed by atoms with Gasteiger partial charge in [0, 0.05) is 32.2 Å². The average molecular weight is 512 g/mol. The van der Waals surface area contributed by atoms with Crippen LogP contribution in [0.25, 0.3) is 0 Å². The molecule has 160 valence electrons. The third-order valence-corrected chi connectivity index (χ3v) is 4.61. The van der Waals surface area contributed by atoms with Gasteiger partial charge in [-0.3, -0.25) is 4.99 Å². The van der Waals surface area contributed by atoms with Crippen molar-refractivity contribution in [1.82, 2.24) is 15.5 Å². The molecule has 0 bridgehead atoms. The van der Waals surface area contributed by atoms with Gasteiger partial charge in [0.25, 0.3) is 0 Å². The summed E-state index contributed by atoms with van der Waals surface area (Å²) in [6.45, 7) is 5.85. The van der Waals surface area contributed by atoms with E-state index in [4.69, 9.17) is 9.47 Å². The number of guanidine groups is 1. The van der Waals surface area contributed by atoms with Gasteiger partial charge in [-0.25, -0.2) is 0 Å². The lowest BCUT2D eigenvalue weighted by Crippen LogP contribution is -2.40. The standard InChI is InChI=1S/C19H30F2N4O2.HI/c1-4-25-10-9-14(13-25)11-23-19(22-3)24-12-15-7-6-8-16(26-5-2)17(15)27-18(20)21;/h6-8,14,18H,4-5,9-13H2,1-3H3,(H2,22,23,24);1H. The number of benzene rings is 1. The van der Waals surface area contributed by atoms with Gasteiger partial charge in [0.2, 0.25) is 0 Å². The van der Waals surface area contributed by atoms with E-state index >= 15 is 0 Å². The van der Waals surface area contributed by atoms with Crippen LogP contribution >= 0.6 is 24.0 Å². The van der Waals surface area contributed by atoms with Crippen molar-refractivity contribution >= 4 is 29.9 Å². The third-order valence-electron chi connectivity index (χ3n) is 4.61. The number of ether oxygens (including phenoxy) is 2. The predicted octanol–water partition coefficient (Wildman–Crippen LogP) is 3.31. The van der Waals surface area contributed by atoms with Crippen molar-refractivity contribution < 1.29 is 18.3 Å². The van der Waals surface area contributed by atoms with Gasteiger partial charge >= 0.3 is 6.61 Å². The van der Waals surface area contributed by atoms with E-state index in [0.717, 1.165) is 26.2 Å². The van der Waals surface area contributed by atoms with E-state index in [1.807, 2.05) is 0 Å². The molecule has 1 saturated heterocycles. The van der Waals surface area contributed by atoms with Crippen LogP contribution in [-0.4, -0.2) is 57.3 Å². The van der Waals surface area contributed by atoms with Crippen LogP contribution in [0.4, 0.5) is 8.78 Å². The zero-order valence-electron chi connectivity index (χ0n) is 16.7. The van der Waals surface area contributed by atoms with Crippen molar-refractivity contribution in [3.8, 4) is 11.5 Å². The SMILES string of the molecule is CCOc1cccc(CNC(=NC)NCC2CCN(CC)C2)c1OC(F)F.I. The van der Waals surface area contributed by atoms with Crippen LogP contribution in [0.15, 0.2) is 23.2 Å². The summed E-state index contributed by atoms with van der Waals surface area (Å²) < 4.78 is 35.7. The van der Waals surface area contributed by atoms with Gasteiger partial charge in [-0.05, 0) is 38.4 Å². The van der Waals surface area contributed by atoms with Crippen molar-refractivity contribution in [2.45, 2.75) is 33.4 Å². The maximum Gasteiger partial charge on any atom is 0.387 e. The summed E-state index contributed by atoms with van der Waals surface area (Å²) in [5.74, 6) is 1.59. The number of hydrogen-bond acceptors (Lipinski definition) is 4. The normalized spacial score (nSPS) is 17.4. The number of rotatable bonds is 9. The number of likely N-dealkylation sites (tertiary alicyclic amines) is 1. The van der Waals surface area contributed by atoms with E-state index < -0.39 is 6.61 Å². The Morgan fingerprint density at radius 3 is 2.71 bits per heavy atom. The van der Waals surface area contributed by atoms with Gasteiger partial charge in [-0.2, -0.15) is 8.78 Å². The molecule has 0 saturated carbocycles. The van der Waals surface area contributed by atoms with E-state index in [2.05, 4.69) is 27.4 Å². The lowest BCUT2D eigenvalue weighted by Gasteiger charge is -2.18. The van der Waals surface area contributed by atoms with Crippen LogP contribution < -0.4 is 20.1 Å². The molecule has 1 atom stereocenters. The highest BCUT2D eigenvalue weighted by Gasteiger charge is 2.21. The summed E-state index contributed by atoms with van der Waals surface area (Å²) in [5, 5.41) is 6.48. The molecule has 1 aromatic rings. The van der Waals surface area contributed by atoms with Crippen LogP contribution in [0.3, 0.4) is 0 Å². The fraction of sp³-hybridized carbons (Fsp3) is 0.632. The smallest absolute Gasteiger partial charge is 0.387 e. The molecule has 1 aliphatic rings. The van der Waals surface area contributed by atoms with Crippen LogP contribution in [0.5, 0.6) is 11.5 Å². The fourth-order valence-corrected chi connectivity index (χ4v) is 3.20. The van der Waals surface area contributed by atoms with Crippen molar-refractivity contribution in [3.05, 3.63) is 23.8 Å². The highest BCUT2D eigenvalue weighted by Crippen LogP contribution is 2.32. The number of nitrogens with zero attached hydrogens (tertiary/aromatic N) is 2. The largest absolute Gasteiger partial charge is 0.490 e. The van der Waals surface area contributed by atoms with Gasteiger partial charge in [0.1, 0.15) is 0 Å². The Labute approximate surface area is 183 Å². The minimum atomic E-state index is -2.91. The summed E-state index contributed by atoms with van der Waals surface area (Å²) >= 11 is 0. The molecule has 1 heterocycles. The first-order valence-electron chi connectivity index (χ1n) is 9.43. The molecule has 1 fully saturated rings. The molecule has 1 unspecified atom stereocenters. The number of nitrogens with one attached hydrogen (secondary N) is 2. The quantitative estimate of drug-likeness (QED) is 0.302. The molecule has 0 radical (unpaired) electrons. The fourth-order valence-electron chi connectivity index (χ4n) is 3.20. The number of alkyl halides is 2. The second-order valence-electron chi connectivity index (χ2n) is 6.41. The number of para-hydroxylation sites is 1. The number of aliphatic imine (C=N–C) groups is 1. The van der Waals surface area contributed by atoms with Gasteiger partial charge in [0.15, 0.2) is 17.5 Å². The Balaban J connectivity index is 0.00000392. The maximum absolute atomic E-state index is 12.8. The minimum absolute atomic E-state index is 0. The molecule has 1 aromatic carbocycles. The molecule has 0 aliphatic carbocycles. The predicted molar refractivity (Wildman–Crippen MR) is 118 cm³/mol. The molecule has 6 nitrogen and oxygen atoms in total.